The van der Waals surface area contributed by atoms with Crippen LogP contribution in [0, 0.1) is 0 Å². The molecule has 0 bridgehead atoms. The molecule has 2 atom stereocenters. The molecule has 1 aromatic rings. The molecule has 1 saturated heterocycles. The average molecular weight is 276 g/mol. The third-order valence-corrected chi connectivity index (χ3v) is 3.37. The Balaban J connectivity index is 2.50. The van der Waals surface area contributed by atoms with Gasteiger partial charge in [-0.25, -0.2) is 4.79 Å². The molecule has 0 aromatic heterocycles. The van der Waals surface area contributed by atoms with E-state index in [1.54, 1.807) is 37.3 Å². The lowest BCUT2D eigenvalue weighted by molar-refractivity contribution is -0.313. The summed E-state index contributed by atoms with van der Waals surface area (Å²) in [5, 5.41) is 13.8. The van der Waals surface area contributed by atoms with E-state index in [1.165, 1.54) is 0 Å². The number of benzene rings is 1. The van der Waals surface area contributed by atoms with Crippen LogP contribution in [0.2, 0.25) is 0 Å². The molecule has 0 unspecified atom stereocenters. The highest BCUT2D eigenvalue weighted by molar-refractivity contribution is 6.10. The minimum Gasteiger partial charge on any atom is -0.547 e. The predicted molar refractivity (Wildman–Crippen MR) is 66.3 cm³/mol. The highest BCUT2D eigenvalue weighted by atomic mass is 16.5. The smallest absolute Gasteiger partial charge is 0.338 e. The second-order valence-corrected chi connectivity index (χ2v) is 4.53. The van der Waals surface area contributed by atoms with Crippen LogP contribution in [-0.2, 0) is 19.1 Å². The standard InChI is InChI=1S/C14H15NO5/c1-2-20-13(19)14(12(17)18)10(8-11(16)15-14)9-6-4-3-5-7-9/h3-7,10H,2,8H2,1H3,(H,15,16)(H,17,18)/p-1/t10-,14-/m0/s1. The Morgan fingerprint density at radius 1 is 1.40 bits per heavy atom. The van der Waals surface area contributed by atoms with Gasteiger partial charge in [0.2, 0.25) is 5.91 Å². The first-order chi connectivity index (χ1) is 9.52. The van der Waals surface area contributed by atoms with Crippen LogP contribution in [0.15, 0.2) is 30.3 Å². The van der Waals surface area contributed by atoms with E-state index in [-0.39, 0.29) is 13.0 Å². The molecule has 106 valence electrons. The van der Waals surface area contributed by atoms with Gasteiger partial charge in [-0.05, 0) is 12.5 Å². The molecular weight excluding hydrogens is 262 g/mol. The third kappa shape index (κ3) is 2.13. The number of carbonyl (C=O) groups is 3. The highest BCUT2D eigenvalue weighted by Gasteiger charge is 2.55. The number of nitrogens with one attached hydrogen (secondary N) is 1. The van der Waals surface area contributed by atoms with Gasteiger partial charge in [-0.3, -0.25) is 4.79 Å². The van der Waals surface area contributed by atoms with Gasteiger partial charge < -0.3 is 20.0 Å². The Hall–Kier alpha value is -2.37. The van der Waals surface area contributed by atoms with Crippen LogP contribution >= 0.6 is 0 Å². The van der Waals surface area contributed by atoms with Crippen molar-refractivity contribution in [2.45, 2.75) is 24.8 Å². The molecule has 1 N–H and O–H groups in total. The fourth-order valence-corrected chi connectivity index (χ4v) is 2.46. The number of hydrogen-bond donors (Lipinski definition) is 1. The Kier molecular flexibility index (Phi) is 3.74. The summed E-state index contributed by atoms with van der Waals surface area (Å²) in [7, 11) is 0. The first kappa shape index (κ1) is 14.0. The van der Waals surface area contributed by atoms with Crippen molar-refractivity contribution in [2.24, 2.45) is 0 Å². The monoisotopic (exact) mass is 276 g/mol. The van der Waals surface area contributed by atoms with E-state index in [2.05, 4.69) is 5.32 Å². The van der Waals surface area contributed by atoms with E-state index in [4.69, 9.17) is 4.74 Å². The summed E-state index contributed by atoms with van der Waals surface area (Å²) < 4.78 is 4.82. The molecular formula is C14H14NO5-. The number of esters is 1. The summed E-state index contributed by atoms with van der Waals surface area (Å²) in [6, 6.07) is 8.52. The largest absolute Gasteiger partial charge is 0.547 e. The van der Waals surface area contributed by atoms with Gasteiger partial charge in [0.15, 0.2) is 5.54 Å². The number of carbonyl (C=O) groups excluding carboxylic acids is 3. The fraction of sp³-hybridized carbons (Fsp3) is 0.357. The zero-order valence-electron chi connectivity index (χ0n) is 10.9. The van der Waals surface area contributed by atoms with Crippen molar-refractivity contribution in [1.29, 1.82) is 0 Å². The SMILES string of the molecule is CCOC(=O)[C@]1(C(=O)[O-])NC(=O)C[C@H]1c1ccccc1. The van der Waals surface area contributed by atoms with E-state index in [1.807, 2.05) is 0 Å². The van der Waals surface area contributed by atoms with Gasteiger partial charge in [-0.2, -0.15) is 0 Å². The van der Waals surface area contributed by atoms with Crippen molar-refractivity contribution in [3.63, 3.8) is 0 Å². The van der Waals surface area contributed by atoms with Crippen LogP contribution in [0.4, 0.5) is 0 Å². The number of carboxylic acid groups (broad SMARTS) is 1. The lowest BCUT2D eigenvalue weighted by atomic mass is 9.80. The van der Waals surface area contributed by atoms with Crippen LogP contribution in [0.25, 0.3) is 0 Å². The van der Waals surface area contributed by atoms with Crippen molar-refractivity contribution < 1.29 is 24.2 Å². The highest BCUT2D eigenvalue weighted by Crippen LogP contribution is 2.37. The summed E-state index contributed by atoms with van der Waals surface area (Å²) >= 11 is 0. The Bertz CT molecular complexity index is 542. The fourth-order valence-electron chi connectivity index (χ4n) is 2.46. The number of rotatable bonds is 4. The van der Waals surface area contributed by atoms with Crippen molar-refractivity contribution in [1.82, 2.24) is 5.32 Å². The van der Waals surface area contributed by atoms with E-state index in [0.717, 1.165) is 0 Å². The van der Waals surface area contributed by atoms with E-state index >= 15 is 0 Å². The summed E-state index contributed by atoms with van der Waals surface area (Å²) in [6.45, 7) is 1.58. The molecule has 1 aliphatic heterocycles. The van der Waals surface area contributed by atoms with E-state index < -0.39 is 29.3 Å². The van der Waals surface area contributed by atoms with Gasteiger partial charge in [-0.1, -0.05) is 30.3 Å². The van der Waals surface area contributed by atoms with Crippen molar-refractivity contribution in [3.8, 4) is 0 Å². The van der Waals surface area contributed by atoms with Crippen LogP contribution in [0.1, 0.15) is 24.8 Å². The lowest BCUT2D eigenvalue weighted by Crippen LogP contribution is -2.64. The number of ether oxygens (including phenoxy) is 1. The van der Waals surface area contributed by atoms with Crippen LogP contribution in [0.5, 0.6) is 0 Å². The van der Waals surface area contributed by atoms with Crippen LogP contribution < -0.4 is 10.4 Å². The summed E-state index contributed by atoms with van der Waals surface area (Å²) in [5.41, 5.74) is -1.59. The van der Waals surface area contributed by atoms with Gasteiger partial charge in [0.25, 0.3) is 0 Å². The Labute approximate surface area is 115 Å². The van der Waals surface area contributed by atoms with Gasteiger partial charge in [0.05, 0.1) is 12.6 Å². The summed E-state index contributed by atoms with van der Waals surface area (Å²) in [5.74, 6) is -4.02. The molecule has 1 aromatic carbocycles. The first-order valence-corrected chi connectivity index (χ1v) is 6.27. The maximum atomic E-state index is 12.1. The maximum absolute atomic E-state index is 12.1. The average Bonchev–Trinajstić information content (AvgIpc) is 2.79. The predicted octanol–water partition coefficient (Wildman–Crippen LogP) is -0.658. The van der Waals surface area contributed by atoms with Crippen LogP contribution in [-0.4, -0.2) is 30.0 Å². The molecule has 2 rings (SSSR count). The molecule has 1 amide bonds. The Morgan fingerprint density at radius 2 is 2.05 bits per heavy atom. The molecule has 6 heteroatoms. The molecule has 0 radical (unpaired) electrons. The second kappa shape index (κ2) is 5.32. The van der Waals surface area contributed by atoms with Crippen molar-refractivity contribution in [2.75, 3.05) is 6.61 Å². The number of hydrogen-bond acceptors (Lipinski definition) is 5. The van der Waals surface area contributed by atoms with Crippen molar-refractivity contribution in [3.05, 3.63) is 35.9 Å². The van der Waals surface area contributed by atoms with Gasteiger partial charge in [-0.15, -0.1) is 0 Å². The molecule has 0 spiro atoms. The molecule has 0 saturated carbocycles. The second-order valence-electron chi connectivity index (χ2n) is 4.53. The molecule has 1 fully saturated rings. The van der Waals surface area contributed by atoms with Crippen molar-refractivity contribution >= 4 is 17.8 Å². The molecule has 6 nitrogen and oxygen atoms in total. The van der Waals surface area contributed by atoms with Gasteiger partial charge >= 0.3 is 5.97 Å². The minimum absolute atomic E-state index is 0.0191. The van der Waals surface area contributed by atoms with E-state index in [9.17, 15) is 19.5 Å². The summed E-state index contributed by atoms with van der Waals surface area (Å²) in [6.07, 6.45) is -0.100. The van der Waals surface area contributed by atoms with Gasteiger partial charge in [0, 0.05) is 12.3 Å². The zero-order chi connectivity index (χ0) is 14.8. The zero-order valence-corrected chi connectivity index (χ0v) is 10.9. The van der Waals surface area contributed by atoms with E-state index in [0.29, 0.717) is 5.56 Å². The molecule has 1 aliphatic rings. The lowest BCUT2D eigenvalue weighted by Gasteiger charge is -2.33. The van der Waals surface area contributed by atoms with Crippen LogP contribution in [0.3, 0.4) is 0 Å². The third-order valence-electron chi connectivity index (χ3n) is 3.37. The quantitative estimate of drug-likeness (QED) is 0.582. The normalized spacial score (nSPS) is 25.1. The topological polar surface area (TPSA) is 95.5 Å². The minimum atomic E-state index is -2.16. The molecule has 20 heavy (non-hydrogen) atoms. The van der Waals surface area contributed by atoms with Gasteiger partial charge in [0.1, 0.15) is 0 Å². The molecule has 0 aliphatic carbocycles. The number of aliphatic carboxylic acids is 1. The maximum Gasteiger partial charge on any atom is 0.338 e. The number of amides is 1. The number of carboxylic acids is 1. The molecule has 1 heterocycles. The summed E-state index contributed by atoms with van der Waals surface area (Å²) in [4.78, 5) is 35.3. The first-order valence-electron chi connectivity index (χ1n) is 6.27. The Morgan fingerprint density at radius 3 is 2.60 bits per heavy atom.